The fourth-order valence-corrected chi connectivity index (χ4v) is 2.35. The highest BCUT2D eigenvalue weighted by molar-refractivity contribution is 5.43. The maximum atomic E-state index is 12.0. The van der Waals surface area contributed by atoms with Gasteiger partial charge in [0.25, 0.3) is 5.56 Å². The van der Waals surface area contributed by atoms with Crippen molar-refractivity contribution >= 4 is 5.69 Å². The van der Waals surface area contributed by atoms with Gasteiger partial charge in [-0.15, -0.1) is 0 Å². The van der Waals surface area contributed by atoms with E-state index in [9.17, 15) is 4.79 Å². The SMILES string of the molecule is CC1CCN(c2cnn(CCOCCO)c(=O)c2)CC1. The van der Waals surface area contributed by atoms with Crippen LogP contribution in [0.5, 0.6) is 0 Å². The second-order valence-corrected chi connectivity index (χ2v) is 5.28. The van der Waals surface area contributed by atoms with Gasteiger partial charge in [0.1, 0.15) is 0 Å². The number of piperidine rings is 1. The molecule has 0 saturated carbocycles. The third kappa shape index (κ3) is 4.05. The van der Waals surface area contributed by atoms with Gasteiger partial charge in [0, 0.05) is 19.2 Å². The van der Waals surface area contributed by atoms with Gasteiger partial charge in [-0.3, -0.25) is 4.79 Å². The van der Waals surface area contributed by atoms with E-state index >= 15 is 0 Å². The summed E-state index contributed by atoms with van der Waals surface area (Å²) in [6, 6.07) is 1.65. The molecule has 6 heteroatoms. The van der Waals surface area contributed by atoms with Crippen LogP contribution in [0.3, 0.4) is 0 Å². The van der Waals surface area contributed by atoms with Gasteiger partial charge in [-0.25, -0.2) is 4.68 Å². The number of hydrogen-bond acceptors (Lipinski definition) is 5. The molecule has 0 aliphatic carbocycles. The molecule has 1 saturated heterocycles. The predicted octanol–water partition coefficient (Wildman–Crippen LogP) is 0.488. The topological polar surface area (TPSA) is 67.6 Å². The Hall–Kier alpha value is -1.40. The number of rotatable bonds is 6. The van der Waals surface area contributed by atoms with Crippen LogP contribution in [0.4, 0.5) is 5.69 Å². The highest BCUT2D eigenvalue weighted by Crippen LogP contribution is 2.20. The van der Waals surface area contributed by atoms with E-state index in [1.165, 1.54) is 4.68 Å². The summed E-state index contributed by atoms with van der Waals surface area (Å²) in [6.07, 6.45) is 4.08. The summed E-state index contributed by atoms with van der Waals surface area (Å²) in [5, 5.41) is 12.8. The molecule has 6 nitrogen and oxygen atoms in total. The minimum Gasteiger partial charge on any atom is -0.394 e. The lowest BCUT2D eigenvalue weighted by Crippen LogP contribution is -2.34. The minimum absolute atomic E-state index is 0.00531. The quantitative estimate of drug-likeness (QED) is 0.769. The first kappa shape index (κ1) is 15.0. The first-order valence-electron chi connectivity index (χ1n) is 7.21. The van der Waals surface area contributed by atoms with Crippen molar-refractivity contribution in [2.45, 2.75) is 26.3 Å². The summed E-state index contributed by atoms with van der Waals surface area (Å²) in [4.78, 5) is 14.2. The number of nitrogens with zero attached hydrogens (tertiary/aromatic N) is 3. The molecule has 112 valence electrons. The zero-order valence-electron chi connectivity index (χ0n) is 12.0. The van der Waals surface area contributed by atoms with Crippen LogP contribution in [0.25, 0.3) is 0 Å². The van der Waals surface area contributed by atoms with Crippen LogP contribution < -0.4 is 10.5 Å². The molecule has 0 spiro atoms. The summed E-state index contributed by atoms with van der Waals surface area (Å²) >= 11 is 0. The Balaban J connectivity index is 1.93. The molecule has 0 amide bonds. The van der Waals surface area contributed by atoms with E-state index in [2.05, 4.69) is 16.9 Å². The Morgan fingerprint density at radius 1 is 1.40 bits per heavy atom. The molecule has 1 aromatic heterocycles. The summed E-state index contributed by atoms with van der Waals surface area (Å²) in [7, 11) is 0. The molecule has 20 heavy (non-hydrogen) atoms. The second-order valence-electron chi connectivity index (χ2n) is 5.28. The molecular formula is C14H23N3O3. The van der Waals surface area contributed by atoms with Crippen LogP contribution >= 0.6 is 0 Å². The van der Waals surface area contributed by atoms with Crippen LogP contribution in [0.1, 0.15) is 19.8 Å². The Labute approximate surface area is 119 Å². The van der Waals surface area contributed by atoms with Gasteiger partial charge in [-0.1, -0.05) is 6.92 Å². The maximum absolute atomic E-state index is 12.0. The summed E-state index contributed by atoms with van der Waals surface area (Å²) in [5.41, 5.74) is 0.808. The molecule has 1 N–H and O–H groups in total. The third-order valence-corrected chi connectivity index (χ3v) is 3.69. The molecule has 2 rings (SSSR count). The van der Waals surface area contributed by atoms with Crippen molar-refractivity contribution in [3.05, 3.63) is 22.6 Å². The van der Waals surface area contributed by atoms with Crippen LogP contribution in [-0.2, 0) is 11.3 Å². The molecule has 0 atom stereocenters. The van der Waals surface area contributed by atoms with Crippen molar-refractivity contribution in [1.82, 2.24) is 9.78 Å². The van der Waals surface area contributed by atoms with Crippen molar-refractivity contribution in [2.24, 2.45) is 5.92 Å². The van der Waals surface area contributed by atoms with Crippen molar-refractivity contribution < 1.29 is 9.84 Å². The maximum Gasteiger partial charge on any atom is 0.268 e. The predicted molar refractivity (Wildman–Crippen MR) is 77.0 cm³/mol. The number of ether oxygens (including phenoxy) is 1. The summed E-state index contributed by atoms with van der Waals surface area (Å²) < 4.78 is 6.54. The van der Waals surface area contributed by atoms with Crippen LogP contribution in [0.2, 0.25) is 0 Å². The highest BCUT2D eigenvalue weighted by atomic mass is 16.5. The second kappa shape index (κ2) is 7.40. The number of hydrogen-bond donors (Lipinski definition) is 1. The fourth-order valence-electron chi connectivity index (χ4n) is 2.35. The molecule has 1 aliphatic heterocycles. The van der Waals surface area contributed by atoms with E-state index in [4.69, 9.17) is 9.84 Å². The Morgan fingerprint density at radius 3 is 2.80 bits per heavy atom. The lowest BCUT2D eigenvalue weighted by atomic mass is 9.99. The van der Waals surface area contributed by atoms with Gasteiger partial charge in [0.15, 0.2) is 0 Å². The van der Waals surface area contributed by atoms with E-state index < -0.39 is 0 Å². The molecule has 0 unspecified atom stereocenters. The summed E-state index contributed by atoms with van der Waals surface area (Å²) in [5.74, 6) is 0.767. The van der Waals surface area contributed by atoms with Gasteiger partial charge in [-0.2, -0.15) is 5.10 Å². The van der Waals surface area contributed by atoms with Crippen LogP contribution in [0.15, 0.2) is 17.1 Å². The van der Waals surface area contributed by atoms with Gasteiger partial charge >= 0.3 is 0 Å². The van der Waals surface area contributed by atoms with Crippen molar-refractivity contribution in [3.63, 3.8) is 0 Å². The monoisotopic (exact) mass is 281 g/mol. The van der Waals surface area contributed by atoms with Crippen molar-refractivity contribution in [2.75, 3.05) is 37.8 Å². The van der Waals surface area contributed by atoms with Crippen molar-refractivity contribution in [1.29, 1.82) is 0 Å². The minimum atomic E-state index is -0.103. The normalized spacial score (nSPS) is 16.6. The number of aromatic nitrogens is 2. The number of anilines is 1. The first-order chi connectivity index (χ1) is 9.70. The molecule has 0 aromatic carbocycles. The Morgan fingerprint density at radius 2 is 2.15 bits per heavy atom. The molecule has 1 aromatic rings. The highest BCUT2D eigenvalue weighted by Gasteiger charge is 2.16. The zero-order chi connectivity index (χ0) is 14.4. The first-order valence-corrected chi connectivity index (χ1v) is 7.21. The van der Waals surface area contributed by atoms with Crippen LogP contribution in [0, 0.1) is 5.92 Å². The van der Waals surface area contributed by atoms with E-state index in [-0.39, 0.29) is 12.2 Å². The third-order valence-electron chi connectivity index (χ3n) is 3.69. The van der Waals surface area contributed by atoms with Gasteiger partial charge in [0.2, 0.25) is 0 Å². The number of aliphatic hydroxyl groups is 1. The summed E-state index contributed by atoms with van der Waals surface area (Å²) in [6.45, 7) is 5.33. The van der Waals surface area contributed by atoms with E-state index in [0.29, 0.717) is 19.8 Å². The lowest BCUT2D eigenvalue weighted by Gasteiger charge is -2.31. The largest absolute Gasteiger partial charge is 0.394 e. The van der Waals surface area contributed by atoms with Gasteiger partial charge in [0.05, 0.1) is 38.2 Å². The standard InChI is InChI=1S/C14H23N3O3/c1-12-2-4-16(5-3-12)13-10-14(19)17(15-11-13)6-8-20-9-7-18/h10-12,18H,2-9H2,1H3. The van der Waals surface area contributed by atoms with E-state index in [0.717, 1.165) is 37.5 Å². The van der Waals surface area contributed by atoms with Crippen molar-refractivity contribution in [3.8, 4) is 0 Å². The van der Waals surface area contributed by atoms with Gasteiger partial charge < -0.3 is 14.7 Å². The Kier molecular flexibility index (Phi) is 5.55. The van der Waals surface area contributed by atoms with Gasteiger partial charge in [-0.05, 0) is 18.8 Å². The average molecular weight is 281 g/mol. The number of aliphatic hydroxyl groups excluding tert-OH is 1. The molecule has 0 radical (unpaired) electrons. The zero-order valence-corrected chi connectivity index (χ0v) is 12.0. The van der Waals surface area contributed by atoms with E-state index in [1.807, 2.05) is 0 Å². The lowest BCUT2D eigenvalue weighted by molar-refractivity contribution is 0.0847. The van der Waals surface area contributed by atoms with Crippen LogP contribution in [-0.4, -0.2) is 47.8 Å². The molecule has 2 heterocycles. The smallest absolute Gasteiger partial charge is 0.268 e. The average Bonchev–Trinajstić information content (AvgIpc) is 2.46. The molecule has 1 aliphatic rings. The molecule has 0 bridgehead atoms. The fraction of sp³-hybridized carbons (Fsp3) is 0.714. The van der Waals surface area contributed by atoms with E-state index in [1.54, 1.807) is 12.3 Å². The molecular weight excluding hydrogens is 258 g/mol. The molecule has 1 fully saturated rings. The Bertz CT molecular complexity index is 467.